The fraction of sp³-hybridized carbons (Fsp3) is 0.611. The SMILES string of the molecule is CCN(Cc1ccccc1)[C@H]1CCCC[C@@H]1NC(=O)[C@H](C)N. The van der Waals surface area contributed by atoms with Gasteiger partial charge in [0.1, 0.15) is 0 Å². The number of nitrogens with two attached hydrogens (primary N) is 1. The van der Waals surface area contributed by atoms with E-state index >= 15 is 0 Å². The first-order valence-electron chi connectivity index (χ1n) is 8.45. The van der Waals surface area contributed by atoms with Crippen molar-refractivity contribution in [1.82, 2.24) is 10.2 Å². The average Bonchev–Trinajstić information content (AvgIpc) is 2.54. The minimum absolute atomic E-state index is 0.0346. The molecule has 1 fully saturated rings. The Morgan fingerprint density at radius 1 is 1.32 bits per heavy atom. The third-order valence-corrected chi connectivity index (χ3v) is 4.57. The van der Waals surface area contributed by atoms with Gasteiger partial charge in [-0.3, -0.25) is 9.69 Å². The maximum absolute atomic E-state index is 12.0. The van der Waals surface area contributed by atoms with Gasteiger partial charge in [0.25, 0.3) is 0 Å². The van der Waals surface area contributed by atoms with E-state index in [1.54, 1.807) is 6.92 Å². The molecule has 22 heavy (non-hydrogen) atoms. The number of carbonyl (C=O) groups excluding carboxylic acids is 1. The van der Waals surface area contributed by atoms with Gasteiger partial charge in [0.05, 0.1) is 6.04 Å². The van der Waals surface area contributed by atoms with Crippen LogP contribution in [0.1, 0.15) is 45.1 Å². The molecule has 0 saturated heterocycles. The van der Waals surface area contributed by atoms with E-state index in [0.29, 0.717) is 6.04 Å². The monoisotopic (exact) mass is 303 g/mol. The molecule has 4 heteroatoms. The Kier molecular flexibility index (Phi) is 6.40. The number of carbonyl (C=O) groups is 1. The normalized spacial score (nSPS) is 23.3. The molecular formula is C18H29N3O. The number of hydrogen-bond acceptors (Lipinski definition) is 3. The van der Waals surface area contributed by atoms with Crippen LogP contribution in [-0.2, 0) is 11.3 Å². The van der Waals surface area contributed by atoms with Crippen LogP contribution in [0.3, 0.4) is 0 Å². The summed E-state index contributed by atoms with van der Waals surface area (Å²) in [4.78, 5) is 14.5. The predicted molar refractivity (Wildman–Crippen MR) is 90.4 cm³/mol. The van der Waals surface area contributed by atoms with Crippen molar-refractivity contribution < 1.29 is 4.79 Å². The highest BCUT2D eigenvalue weighted by Crippen LogP contribution is 2.24. The van der Waals surface area contributed by atoms with Crippen molar-refractivity contribution in [1.29, 1.82) is 0 Å². The van der Waals surface area contributed by atoms with E-state index in [2.05, 4.69) is 41.4 Å². The first-order valence-corrected chi connectivity index (χ1v) is 8.45. The van der Waals surface area contributed by atoms with Crippen molar-refractivity contribution >= 4 is 5.91 Å². The van der Waals surface area contributed by atoms with Gasteiger partial charge in [0.15, 0.2) is 0 Å². The smallest absolute Gasteiger partial charge is 0.236 e. The van der Waals surface area contributed by atoms with E-state index in [9.17, 15) is 4.79 Å². The number of likely N-dealkylation sites (N-methyl/N-ethyl adjacent to an activating group) is 1. The van der Waals surface area contributed by atoms with Gasteiger partial charge >= 0.3 is 0 Å². The van der Waals surface area contributed by atoms with Crippen molar-refractivity contribution in [3.63, 3.8) is 0 Å². The Hall–Kier alpha value is -1.39. The predicted octanol–water partition coefficient (Wildman–Crippen LogP) is 2.28. The molecule has 122 valence electrons. The molecule has 1 aliphatic carbocycles. The van der Waals surface area contributed by atoms with Gasteiger partial charge in [-0.2, -0.15) is 0 Å². The second kappa shape index (κ2) is 8.30. The number of nitrogens with one attached hydrogen (secondary N) is 1. The molecule has 1 saturated carbocycles. The van der Waals surface area contributed by atoms with E-state index in [0.717, 1.165) is 25.9 Å². The summed E-state index contributed by atoms with van der Waals surface area (Å²) in [6, 6.07) is 10.7. The molecule has 0 spiro atoms. The fourth-order valence-electron chi connectivity index (χ4n) is 3.31. The van der Waals surface area contributed by atoms with E-state index in [1.165, 1.54) is 18.4 Å². The van der Waals surface area contributed by atoms with Gasteiger partial charge < -0.3 is 11.1 Å². The van der Waals surface area contributed by atoms with Gasteiger partial charge in [-0.25, -0.2) is 0 Å². The Morgan fingerprint density at radius 2 is 2.00 bits per heavy atom. The molecule has 3 atom stereocenters. The van der Waals surface area contributed by atoms with E-state index in [-0.39, 0.29) is 11.9 Å². The van der Waals surface area contributed by atoms with Crippen LogP contribution in [0, 0.1) is 0 Å². The third kappa shape index (κ3) is 4.55. The molecule has 1 amide bonds. The molecule has 0 aromatic heterocycles. The topological polar surface area (TPSA) is 58.4 Å². The summed E-state index contributed by atoms with van der Waals surface area (Å²) in [5.41, 5.74) is 7.03. The first kappa shape index (κ1) is 17.0. The van der Waals surface area contributed by atoms with E-state index in [1.807, 2.05) is 6.07 Å². The first-order chi connectivity index (χ1) is 10.6. The molecule has 2 rings (SSSR count). The summed E-state index contributed by atoms with van der Waals surface area (Å²) >= 11 is 0. The Morgan fingerprint density at radius 3 is 2.64 bits per heavy atom. The number of amides is 1. The van der Waals surface area contributed by atoms with Crippen molar-refractivity contribution in [2.75, 3.05) is 6.54 Å². The Balaban J connectivity index is 2.05. The van der Waals surface area contributed by atoms with Crippen LogP contribution in [0.25, 0.3) is 0 Å². The van der Waals surface area contributed by atoms with Crippen molar-refractivity contribution in [2.24, 2.45) is 5.73 Å². The van der Waals surface area contributed by atoms with Gasteiger partial charge in [-0.15, -0.1) is 0 Å². The molecule has 0 unspecified atom stereocenters. The number of rotatable bonds is 6. The largest absolute Gasteiger partial charge is 0.350 e. The fourth-order valence-corrected chi connectivity index (χ4v) is 3.31. The lowest BCUT2D eigenvalue weighted by Crippen LogP contribution is -2.55. The second-order valence-corrected chi connectivity index (χ2v) is 6.30. The lowest BCUT2D eigenvalue weighted by molar-refractivity contribution is -0.123. The van der Waals surface area contributed by atoms with Crippen molar-refractivity contribution in [2.45, 2.75) is 64.2 Å². The highest BCUT2D eigenvalue weighted by molar-refractivity contribution is 5.81. The molecule has 4 nitrogen and oxygen atoms in total. The van der Waals surface area contributed by atoms with E-state index in [4.69, 9.17) is 5.73 Å². The third-order valence-electron chi connectivity index (χ3n) is 4.57. The zero-order valence-electron chi connectivity index (χ0n) is 13.8. The average molecular weight is 303 g/mol. The number of nitrogens with zero attached hydrogens (tertiary/aromatic N) is 1. The van der Waals surface area contributed by atoms with Crippen LogP contribution < -0.4 is 11.1 Å². The van der Waals surface area contributed by atoms with Gasteiger partial charge in [0.2, 0.25) is 5.91 Å². The van der Waals surface area contributed by atoms with Gasteiger partial charge in [0, 0.05) is 18.6 Å². The highest BCUT2D eigenvalue weighted by Gasteiger charge is 2.31. The van der Waals surface area contributed by atoms with E-state index < -0.39 is 6.04 Å². The van der Waals surface area contributed by atoms with Gasteiger partial charge in [-0.1, -0.05) is 50.1 Å². The van der Waals surface area contributed by atoms with Crippen LogP contribution in [0.5, 0.6) is 0 Å². The van der Waals surface area contributed by atoms with Crippen LogP contribution in [0.15, 0.2) is 30.3 Å². The quantitative estimate of drug-likeness (QED) is 0.847. The molecule has 1 aromatic carbocycles. The van der Waals surface area contributed by atoms with Crippen LogP contribution in [-0.4, -0.2) is 35.5 Å². The maximum Gasteiger partial charge on any atom is 0.236 e. The molecule has 0 aliphatic heterocycles. The summed E-state index contributed by atoms with van der Waals surface area (Å²) in [5, 5.41) is 3.16. The van der Waals surface area contributed by atoms with Gasteiger partial charge in [-0.05, 0) is 31.9 Å². The zero-order chi connectivity index (χ0) is 15.9. The van der Waals surface area contributed by atoms with Crippen molar-refractivity contribution in [3.8, 4) is 0 Å². The second-order valence-electron chi connectivity index (χ2n) is 6.30. The molecular weight excluding hydrogens is 274 g/mol. The summed E-state index contributed by atoms with van der Waals surface area (Å²) in [6.07, 6.45) is 4.61. The molecule has 1 aliphatic rings. The number of benzene rings is 1. The maximum atomic E-state index is 12.0. The van der Waals surface area contributed by atoms with Crippen LogP contribution in [0.2, 0.25) is 0 Å². The minimum atomic E-state index is -0.438. The molecule has 3 N–H and O–H groups in total. The lowest BCUT2D eigenvalue weighted by atomic mass is 9.88. The minimum Gasteiger partial charge on any atom is -0.350 e. The summed E-state index contributed by atoms with van der Waals surface area (Å²) in [5.74, 6) is -0.0346. The molecule has 0 heterocycles. The standard InChI is InChI=1S/C18H29N3O/c1-3-21(13-15-9-5-4-6-10-15)17-12-8-7-11-16(17)20-18(22)14(2)19/h4-6,9-10,14,16-17H,3,7-8,11-13,19H2,1-2H3,(H,20,22)/t14-,16-,17-/m0/s1. The Bertz CT molecular complexity index is 461. The zero-order valence-corrected chi connectivity index (χ0v) is 13.8. The molecule has 0 bridgehead atoms. The highest BCUT2D eigenvalue weighted by atomic mass is 16.2. The molecule has 1 aromatic rings. The van der Waals surface area contributed by atoms with Crippen LogP contribution in [0.4, 0.5) is 0 Å². The molecule has 0 radical (unpaired) electrons. The summed E-state index contributed by atoms with van der Waals surface area (Å²) < 4.78 is 0. The number of hydrogen-bond donors (Lipinski definition) is 2. The summed E-state index contributed by atoms with van der Waals surface area (Å²) in [6.45, 7) is 5.87. The van der Waals surface area contributed by atoms with Crippen LogP contribution >= 0.6 is 0 Å². The van der Waals surface area contributed by atoms with Crippen molar-refractivity contribution in [3.05, 3.63) is 35.9 Å². The summed E-state index contributed by atoms with van der Waals surface area (Å²) in [7, 11) is 0. The Labute approximate surface area is 134 Å². The lowest BCUT2D eigenvalue weighted by Gasteiger charge is -2.40.